The first-order chi connectivity index (χ1) is 15.0. The van der Waals surface area contributed by atoms with Gasteiger partial charge >= 0.3 is 0 Å². The highest BCUT2D eigenvalue weighted by atomic mass is 16.5. The Morgan fingerprint density at radius 3 is 2.55 bits per heavy atom. The van der Waals surface area contributed by atoms with E-state index in [-0.39, 0.29) is 17.9 Å². The van der Waals surface area contributed by atoms with Gasteiger partial charge in [0.15, 0.2) is 5.43 Å². The van der Waals surface area contributed by atoms with E-state index in [1.165, 1.54) is 12.8 Å². The molecule has 0 bridgehead atoms. The van der Waals surface area contributed by atoms with Crippen LogP contribution < -0.4 is 10.2 Å². The van der Waals surface area contributed by atoms with Crippen LogP contribution in [0.15, 0.2) is 53.5 Å². The highest BCUT2D eigenvalue weighted by Gasteiger charge is 2.26. The van der Waals surface area contributed by atoms with Crippen molar-refractivity contribution in [3.8, 4) is 16.9 Å². The molecule has 1 saturated carbocycles. The van der Waals surface area contributed by atoms with Crippen LogP contribution in [-0.2, 0) is 11.3 Å². The average molecular weight is 419 g/mol. The Bertz CT molecular complexity index is 1140. The molecule has 0 unspecified atom stereocenters. The van der Waals surface area contributed by atoms with E-state index < -0.39 is 0 Å². The number of rotatable bonds is 8. The zero-order chi connectivity index (χ0) is 22.0. The van der Waals surface area contributed by atoms with E-state index in [1.54, 1.807) is 7.11 Å². The summed E-state index contributed by atoms with van der Waals surface area (Å²) in [5, 5.41) is 0.635. The van der Waals surface area contributed by atoms with Crippen molar-refractivity contribution in [2.24, 2.45) is 5.92 Å². The summed E-state index contributed by atoms with van der Waals surface area (Å²) >= 11 is 0. The monoisotopic (exact) mass is 418 g/mol. The van der Waals surface area contributed by atoms with Crippen molar-refractivity contribution in [2.45, 2.75) is 39.7 Å². The first kappa shape index (κ1) is 21.2. The smallest absolute Gasteiger partial charge is 0.242 e. The van der Waals surface area contributed by atoms with Gasteiger partial charge in [0.25, 0.3) is 0 Å². The summed E-state index contributed by atoms with van der Waals surface area (Å²) in [6.45, 7) is 5.96. The number of benzene rings is 2. The number of methoxy groups -OCH3 is 1. The second kappa shape index (κ2) is 8.96. The number of carbonyl (C=O) groups excluding carboxylic acids is 1. The molecule has 0 aliphatic heterocycles. The molecule has 162 valence electrons. The third-order valence-corrected chi connectivity index (χ3v) is 5.97. The summed E-state index contributed by atoms with van der Waals surface area (Å²) < 4.78 is 7.19. The van der Waals surface area contributed by atoms with E-state index >= 15 is 0 Å². The van der Waals surface area contributed by atoms with Gasteiger partial charge in [-0.3, -0.25) is 9.59 Å². The van der Waals surface area contributed by atoms with Crippen LogP contribution in [0.2, 0.25) is 0 Å². The maximum absolute atomic E-state index is 13.3. The topological polar surface area (TPSA) is 51.5 Å². The molecule has 1 heterocycles. The van der Waals surface area contributed by atoms with Gasteiger partial charge in [-0.15, -0.1) is 0 Å². The fraction of sp³-hybridized carbons (Fsp3) is 0.385. The molecule has 0 spiro atoms. The van der Waals surface area contributed by atoms with Crippen molar-refractivity contribution in [3.63, 3.8) is 0 Å². The van der Waals surface area contributed by atoms with Crippen molar-refractivity contribution in [1.82, 2.24) is 9.47 Å². The van der Waals surface area contributed by atoms with Crippen molar-refractivity contribution in [2.75, 3.05) is 20.2 Å². The molecule has 3 aromatic rings. The van der Waals surface area contributed by atoms with E-state index in [2.05, 4.69) is 6.92 Å². The molecule has 0 atom stereocenters. The first-order valence-electron chi connectivity index (χ1n) is 11.1. The molecule has 1 aliphatic rings. The number of carbonyl (C=O) groups is 1. The van der Waals surface area contributed by atoms with Crippen molar-refractivity contribution < 1.29 is 9.53 Å². The molecule has 1 aliphatic carbocycles. The molecule has 2 aromatic carbocycles. The molecule has 0 saturated heterocycles. The molecular formula is C26H30N2O3. The number of fused-ring (bicyclic) bond motifs is 1. The van der Waals surface area contributed by atoms with E-state index in [9.17, 15) is 9.59 Å². The largest absolute Gasteiger partial charge is 0.497 e. The minimum atomic E-state index is -0.0211. The third kappa shape index (κ3) is 4.66. The molecule has 1 fully saturated rings. The van der Waals surface area contributed by atoms with E-state index in [1.807, 2.05) is 65.1 Å². The quantitative estimate of drug-likeness (QED) is 0.536. The number of hydrogen-bond donors (Lipinski definition) is 0. The summed E-state index contributed by atoms with van der Waals surface area (Å²) in [7, 11) is 1.62. The normalized spacial score (nSPS) is 13.4. The van der Waals surface area contributed by atoms with Crippen molar-refractivity contribution >= 4 is 16.8 Å². The lowest BCUT2D eigenvalue weighted by Gasteiger charge is -2.23. The average Bonchev–Trinajstić information content (AvgIpc) is 3.59. The van der Waals surface area contributed by atoms with Crippen LogP contribution in [0, 0.1) is 12.8 Å². The Kier molecular flexibility index (Phi) is 6.12. The highest BCUT2D eigenvalue weighted by Crippen LogP contribution is 2.30. The van der Waals surface area contributed by atoms with Crippen LogP contribution in [0.4, 0.5) is 0 Å². The van der Waals surface area contributed by atoms with Gasteiger partial charge in [0.05, 0.1) is 12.6 Å². The number of amides is 1. The standard InChI is InChI=1S/C26H30N2O3/c1-4-13-27(15-19-6-7-19)25(29)17-28-16-23(20-8-10-21(31-3)11-9-20)26(30)22-12-5-18(2)14-24(22)28/h5,8-12,14,16,19H,4,6-7,13,15,17H2,1-3H3. The highest BCUT2D eigenvalue weighted by molar-refractivity contribution is 5.86. The van der Waals surface area contributed by atoms with Gasteiger partial charge in [-0.2, -0.15) is 0 Å². The molecule has 0 radical (unpaired) electrons. The van der Waals surface area contributed by atoms with Crippen molar-refractivity contribution in [1.29, 1.82) is 0 Å². The molecular weight excluding hydrogens is 388 g/mol. The fourth-order valence-electron chi connectivity index (χ4n) is 4.05. The minimum absolute atomic E-state index is 0.0211. The summed E-state index contributed by atoms with van der Waals surface area (Å²) in [4.78, 5) is 28.5. The van der Waals surface area contributed by atoms with Crippen LogP contribution in [-0.4, -0.2) is 35.6 Å². The number of ether oxygens (including phenoxy) is 1. The minimum Gasteiger partial charge on any atom is -0.497 e. The van der Waals surface area contributed by atoms with Crippen LogP contribution in [0.25, 0.3) is 22.0 Å². The molecule has 1 aromatic heterocycles. The molecule has 31 heavy (non-hydrogen) atoms. The van der Waals surface area contributed by atoms with Gasteiger partial charge in [-0.1, -0.05) is 25.1 Å². The predicted octanol–water partition coefficient (Wildman–Crippen LogP) is 4.63. The number of aromatic nitrogens is 1. The lowest BCUT2D eigenvalue weighted by atomic mass is 10.0. The first-order valence-corrected chi connectivity index (χ1v) is 11.1. The zero-order valence-corrected chi connectivity index (χ0v) is 18.6. The second-order valence-electron chi connectivity index (χ2n) is 8.53. The van der Waals surface area contributed by atoms with Crippen LogP contribution in [0.3, 0.4) is 0 Å². The lowest BCUT2D eigenvalue weighted by molar-refractivity contribution is -0.132. The fourth-order valence-corrected chi connectivity index (χ4v) is 4.05. The summed E-state index contributed by atoms with van der Waals surface area (Å²) in [6.07, 6.45) is 5.22. The number of aryl methyl sites for hydroxylation is 1. The van der Waals surface area contributed by atoms with Gasteiger partial charge < -0.3 is 14.2 Å². The maximum atomic E-state index is 13.3. The number of hydrogen-bond acceptors (Lipinski definition) is 3. The molecule has 5 heteroatoms. The van der Waals surface area contributed by atoms with Gasteiger partial charge in [0.1, 0.15) is 12.3 Å². The number of pyridine rings is 1. The van der Waals surface area contributed by atoms with Gasteiger partial charge in [-0.05, 0) is 67.5 Å². The second-order valence-corrected chi connectivity index (χ2v) is 8.53. The zero-order valence-electron chi connectivity index (χ0n) is 18.6. The SMILES string of the molecule is CCCN(CC1CC1)C(=O)Cn1cc(-c2ccc(OC)cc2)c(=O)c2ccc(C)cc21. The molecule has 4 rings (SSSR count). The van der Waals surface area contributed by atoms with Gasteiger partial charge in [-0.25, -0.2) is 0 Å². The third-order valence-electron chi connectivity index (χ3n) is 5.97. The summed E-state index contributed by atoms with van der Waals surface area (Å²) in [6, 6.07) is 13.3. The van der Waals surface area contributed by atoms with Gasteiger partial charge in [0.2, 0.25) is 5.91 Å². The van der Waals surface area contributed by atoms with Crippen LogP contribution in [0.1, 0.15) is 31.7 Å². The Morgan fingerprint density at radius 2 is 1.90 bits per heavy atom. The van der Waals surface area contributed by atoms with E-state index in [4.69, 9.17) is 4.74 Å². The van der Waals surface area contributed by atoms with Crippen molar-refractivity contribution in [3.05, 3.63) is 64.4 Å². The summed E-state index contributed by atoms with van der Waals surface area (Å²) in [5.41, 5.74) is 3.26. The molecule has 1 amide bonds. The molecule has 0 N–H and O–H groups in total. The van der Waals surface area contributed by atoms with Crippen LogP contribution >= 0.6 is 0 Å². The maximum Gasteiger partial charge on any atom is 0.242 e. The lowest BCUT2D eigenvalue weighted by Crippen LogP contribution is -2.36. The Morgan fingerprint density at radius 1 is 1.16 bits per heavy atom. The predicted molar refractivity (Wildman–Crippen MR) is 125 cm³/mol. The Hall–Kier alpha value is -3.08. The molecule has 5 nitrogen and oxygen atoms in total. The summed E-state index contributed by atoms with van der Waals surface area (Å²) in [5.74, 6) is 1.50. The van der Waals surface area contributed by atoms with Crippen LogP contribution in [0.5, 0.6) is 5.75 Å². The Labute approximate surface area is 183 Å². The van der Waals surface area contributed by atoms with Gasteiger partial charge in [0, 0.05) is 30.2 Å². The number of nitrogens with zero attached hydrogens (tertiary/aromatic N) is 2. The Balaban J connectivity index is 1.76. The van der Waals surface area contributed by atoms with E-state index in [0.29, 0.717) is 16.9 Å². The van der Waals surface area contributed by atoms with E-state index in [0.717, 1.165) is 41.9 Å².